The topological polar surface area (TPSA) is 136 Å². The van der Waals surface area contributed by atoms with Crippen LogP contribution in [0, 0.1) is 6.92 Å². The largest absolute Gasteiger partial charge is 0.448 e. The number of ether oxygens (including phenoxy) is 1. The number of esters is 1. The molecule has 2 heterocycles. The Morgan fingerprint density at radius 1 is 0.872 bits per heavy atom. The lowest BCUT2D eigenvalue weighted by atomic mass is 10.0. The lowest BCUT2D eigenvalue weighted by molar-refractivity contribution is -0.155. The molecule has 3 atom stereocenters. The van der Waals surface area contributed by atoms with Gasteiger partial charge >= 0.3 is 16.1 Å². The van der Waals surface area contributed by atoms with Crippen LogP contribution in [-0.2, 0) is 50.6 Å². The lowest BCUT2D eigenvalue weighted by Crippen LogP contribution is -2.73. The third-order valence-corrected chi connectivity index (χ3v) is 10.6. The summed E-state index contributed by atoms with van der Waals surface area (Å²) in [6.07, 6.45) is -0.954. The fourth-order valence-electron chi connectivity index (χ4n) is 5.44. The summed E-state index contributed by atoms with van der Waals surface area (Å²) in [5, 5.41) is 1.49. The Morgan fingerprint density at radius 2 is 1.43 bits per heavy atom. The fraction of sp³-hybridized carbons (Fsp3) is 0.171. The summed E-state index contributed by atoms with van der Waals surface area (Å²) < 4.78 is 51.8. The van der Waals surface area contributed by atoms with Crippen molar-refractivity contribution in [3.8, 4) is 0 Å². The third-order valence-electron chi connectivity index (χ3n) is 7.76. The smallest absolute Gasteiger partial charge is 0.359 e. The molecule has 4 aromatic rings. The van der Waals surface area contributed by atoms with Crippen LogP contribution < -0.4 is 5.32 Å². The minimum Gasteiger partial charge on any atom is -0.448 e. The van der Waals surface area contributed by atoms with Crippen molar-refractivity contribution in [2.45, 2.75) is 35.8 Å². The molecule has 0 aliphatic carbocycles. The number of amides is 2. The summed E-state index contributed by atoms with van der Waals surface area (Å²) >= 11 is 0. The van der Waals surface area contributed by atoms with Crippen molar-refractivity contribution < 1.29 is 35.9 Å². The summed E-state index contributed by atoms with van der Waals surface area (Å²) in [5.74, 6) is -3.29. The molecular formula is C35H30N2O8S2. The number of nitrogens with one attached hydrogen (secondary N) is 1. The third kappa shape index (κ3) is 6.74. The number of nitrogens with zero attached hydrogens (tertiary/aromatic N) is 1. The zero-order valence-corrected chi connectivity index (χ0v) is 26.8. The van der Waals surface area contributed by atoms with Crippen LogP contribution in [0.5, 0.6) is 0 Å². The molecular weight excluding hydrogens is 641 g/mol. The molecule has 6 rings (SSSR count). The summed E-state index contributed by atoms with van der Waals surface area (Å²) in [7, 11) is -6.46. The highest BCUT2D eigenvalue weighted by Crippen LogP contribution is 2.38. The van der Waals surface area contributed by atoms with Crippen LogP contribution >= 0.6 is 0 Å². The lowest BCUT2D eigenvalue weighted by Gasteiger charge is -2.48. The van der Waals surface area contributed by atoms with Gasteiger partial charge in [-0.1, -0.05) is 109 Å². The molecule has 47 heavy (non-hydrogen) atoms. The standard InChI is InChI=1S/C35H30N2O8S2/c1-23-17-19-27(20-18-23)47(42,43)45-28-22-46(41)34-30(36-29(38)21-24-11-5-2-6-12-24)33(39)37(34)31(28)35(40)44-32(25-13-7-3-8-14-25)26-15-9-4-10-16-26/h2-20,30,32,34H,21-22H2,1H3,(H,36,38)/t30-,34-,46?/m1/s1. The van der Waals surface area contributed by atoms with Crippen LogP contribution in [0.4, 0.5) is 0 Å². The minimum absolute atomic E-state index is 0.0201. The normalized spacial score (nSPS) is 19.1. The van der Waals surface area contributed by atoms with E-state index in [1.807, 2.05) is 18.2 Å². The van der Waals surface area contributed by atoms with E-state index in [1.54, 1.807) is 91.9 Å². The summed E-state index contributed by atoms with van der Waals surface area (Å²) in [6.45, 7) is 1.79. The Balaban J connectivity index is 1.35. The van der Waals surface area contributed by atoms with Crippen LogP contribution in [-0.4, -0.2) is 52.5 Å². The van der Waals surface area contributed by atoms with Crippen molar-refractivity contribution >= 4 is 38.7 Å². The number of β-lactam (4-membered cyclic amide) rings is 1. The Labute approximate surface area is 274 Å². The van der Waals surface area contributed by atoms with E-state index in [4.69, 9.17) is 8.92 Å². The van der Waals surface area contributed by atoms with Gasteiger partial charge < -0.3 is 14.2 Å². The van der Waals surface area contributed by atoms with Crippen molar-refractivity contribution in [3.63, 3.8) is 0 Å². The Bertz CT molecular complexity index is 1930. The molecule has 0 radical (unpaired) electrons. The zero-order chi connectivity index (χ0) is 33.1. The van der Waals surface area contributed by atoms with Gasteiger partial charge in [-0.25, -0.2) is 4.79 Å². The van der Waals surface area contributed by atoms with Gasteiger partial charge in [0.25, 0.3) is 5.91 Å². The van der Waals surface area contributed by atoms with E-state index in [0.717, 1.165) is 10.5 Å². The van der Waals surface area contributed by atoms with Gasteiger partial charge in [0.05, 0.1) is 23.0 Å². The summed E-state index contributed by atoms with van der Waals surface area (Å²) in [5.41, 5.74) is 2.29. The number of rotatable bonds is 10. The Kier molecular flexibility index (Phi) is 9.06. The summed E-state index contributed by atoms with van der Waals surface area (Å²) in [6, 6.07) is 31.4. The fourth-order valence-corrected chi connectivity index (χ4v) is 8.04. The van der Waals surface area contributed by atoms with Crippen LogP contribution in [0.3, 0.4) is 0 Å². The maximum atomic E-state index is 14.1. The second kappa shape index (κ2) is 13.3. The molecule has 2 amide bonds. The molecule has 0 saturated carbocycles. The quantitative estimate of drug-likeness (QED) is 0.153. The highest BCUT2D eigenvalue weighted by Gasteiger charge is 2.58. The van der Waals surface area contributed by atoms with Gasteiger partial charge in [0, 0.05) is 0 Å². The first-order chi connectivity index (χ1) is 22.6. The van der Waals surface area contributed by atoms with Gasteiger partial charge in [-0.2, -0.15) is 8.42 Å². The van der Waals surface area contributed by atoms with E-state index in [9.17, 15) is 27.0 Å². The zero-order valence-electron chi connectivity index (χ0n) is 25.1. The first kappa shape index (κ1) is 31.9. The minimum atomic E-state index is -4.51. The molecule has 0 aromatic heterocycles. The molecule has 1 saturated heterocycles. The van der Waals surface area contributed by atoms with Crippen LogP contribution in [0.25, 0.3) is 0 Å². The van der Waals surface area contributed by atoms with Crippen molar-refractivity contribution in [3.05, 3.63) is 149 Å². The SMILES string of the molecule is Cc1ccc(S(=O)(=O)OC2=C(C(=O)OC(c3ccccc3)c3ccccc3)N3C(=O)[C@@H](NC(=O)Cc4ccccc4)[C@H]3S(=O)C2)cc1. The van der Waals surface area contributed by atoms with Gasteiger partial charge in [0.1, 0.15) is 16.3 Å². The molecule has 1 fully saturated rings. The molecule has 1 unspecified atom stereocenters. The predicted molar refractivity (Wildman–Crippen MR) is 173 cm³/mol. The van der Waals surface area contributed by atoms with E-state index in [2.05, 4.69) is 5.32 Å². The molecule has 12 heteroatoms. The molecule has 240 valence electrons. The molecule has 2 aliphatic rings. The number of hydrogen-bond donors (Lipinski definition) is 1. The number of hydrogen-bond acceptors (Lipinski definition) is 8. The predicted octanol–water partition coefficient (Wildman–Crippen LogP) is 3.90. The molecule has 2 aliphatic heterocycles. The van der Waals surface area contributed by atoms with Crippen LogP contribution in [0.15, 0.2) is 132 Å². The van der Waals surface area contributed by atoms with E-state index in [0.29, 0.717) is 16.7 Å². The second-order valence-corrected chi connectivity index (χ2v) is 14.1. The number of benzene rings is 4. The molecule has 4 aromatic carbocycles. The highest BCUT2D eigenvalue weighted by atomic mass is 32.2. The van der Waals surface area contributed by atoms with Gasteiger partial charge in [0.15, 0.2) is 17.6 Å². The number of carbonyl (C=O) groups is 3. The maximum Gasteiger partial charge on any atom is 0.359 e. The van der Waals surface area contributed by atoms with Gasteiger partial charge in [-0.3, -0.25) is 18.7 Å². The van der Waals surface area contributed by atoms with Crippen LogP contribution in [0.1, 0.15) is 28.4 Å². The van der Waals surface area contributed by atoms with Crippen molar-refractivity contribution in [2.24, 2.45) is 0 Å². The second-order valence-electron chi connectivity index (χ2n) is 11.1. The van der Waals surface area contributed by atoms with Crippen molar-refractivity contribution in [1.82, 2.24) is 10.2 Å². The van der Waals surface area contributed by atoms with E-state index < -0.39 is 73.4 Å². The van der Waals surface area contributed by atoms with Gasteiger partial charge in [-0.05, 0) is 35.7 Å². The highest BCUT2D eigenvalue weighted by molar-refractivity contribution is 7.87. The molecule has 10 nitrogen and oxygen atoms in total. The number of aryl methyl sites for hydroxylation is 1. The van der Waals surface area contributed by atoms with Crippen molar-refractivity contribution in [1.29, 1.82) is 0 Å². The first-order valence-corrected chi connectivity index (χ1v) is 17.5. The maximum absolute atomic E-state index is 14.1. The Hall–Kier alpha value is -5.07. The van der Waals surface area contributed by atoms with E-state index >= 15 is 0 Å². The van der Waals surface area contributed by atoms with Crippen LogP contribution in [0.2, 0.25) is 0 Å². The number of fused-ring (bicyclic) bond motifs is 1. The molecule has 0 spiro atoms. The molecule has 1 N–H and O–H groups in total. The first-order valence-electron chi connectivity index (χ1n) is 14.7. The van der Waals surface area contributed by atoms with E-state index in [1.165, 1.54) is 12.1 Å². The average molecular weight is 671 g/mol. The van der Waals surface area contributed by atoms with Crippen molar-refractivity contribution in [2.75, 3.05) is 5.75 Å². The van der Waals surface area contributed by atoms with Gasteiger partial charge in [-0.15, -0.1) is 0 Å². The Morgan fingerprint density at radius 3 is 2.00 bits per heavy atom. The number of carbonyl (C=O) groups excluding carboxylic acids is 3. The summed E-state index contributed by atoms with van der Waals surface area (Å²) in [4.78, 5) is 41.3. The molecule has 0 bridgehead atoms. The monoisotopic (exact) mass is 670 g/mol. The van der Waals surface area contributed by atoms with E-state index in [-0.39, 0.29) is 11.3 Å². The van der Waals surface area contributed by atoms with Gasteiger partial charge in [0.2, 0.25) is 5.91 Å². The average Bonchev–Trinajstić information content (AvgIpc) is 3.07.